The summed E-state index contributed by atoms with van der Waals surface area (Å²) in [7, 11) is 0. The van der Waals surface area contributed by atoms with Crippen LogP contribution in [0.1, 0.15) is 13.8 Å². The second-order valence-electron chi connectivity index (χ2n) is 5.04. The molecule has 1 aromatic carbocycles. The van der Waals surface area contributed by atoms with Crippen LogP contribution in [0.3, 0.4) is 0 Å². The third kappa shape index (κ3) is 7.03. The number of halogens is 1. The van der Waals surface area contributed by atoms with Gasteiger partial charge in [0.1, 0.15) is 18.2 Å². The Balaban J connectivity index is 2.27. The zero-order valence-electron chi connectivity index (χ0n) is 12.7. The maximum Gasteiger partial charge on any atom is 0.317 e. The van der Waals surface area contributed by atoms with Gasteiger partial charge in [0.25, 0.3) is 0 Å². The van der Waals surface area contributed by atoms with Crippen molar-refractivity contribution >= 4 is 11.9 Å². The number of carboxylic acid groups (broad SMARTS) is 1. The highest BCUT2D eigenvalue weighted by molar-refractivity contribution is 5.79. The molecule has 7 heteroatoms. The van der Waals surface area contributed by atoms with Crippen LogP contribution in [0.15, 0.2) is 24.3 Å². The van der Waals surface area contributed by atoms with Crippen LogP contribution >= 0.6 is 0 Å². The first-order valence-electron chi connectivity index (χ1n) is 6.99. The molecule has 1 aromatic rings. The number of rotatable bonds is 9. The van der Waals surface area contributed by atoms with Gasteiger partial charge in [0.05, 0.1) is 19.6 Å². The van der Waals surface area contributed by atoms with E-state index in [0.717, 1.165) is 0 Å². The van der Waals surface area contributed by atoms with E-state index in [1.54, 1.807) is 4.90 Å². The Bertz CT molecular complexity index is 491. The lowest BCUT2D eigenvalue weighted by molar-refractivity contribution is -0.139. The van der Waals surface area contributed by atoms with E-state index in [1.807, 2.05) is 13.8 Å². The number of amides is 1. The number of hydrogen-bond donors (Lipinski definition) is 2. The summed E-state index contributed by atoms with van der Waals surface area (Å²) in [5.41, 5.74) is 0. The molecule has 122 valence electrons. The first-order chi connectivity index (χ1) is 10.4. The molecule has 0 aliphatic heterocycles. The van der Waals surface area contributed by atoms with E-state index >= 15 is 0 Å². The molecule has 0 fully saturated rings. The lowest BCUT2D eigenvalue weighted by atomic mass is 10.3. The Kier molecular flexibility index (Phi) is 7.31. The molecule has 6 nitrogen and oxygen atoms in total. The predicted octanol–water partition coefficient (Wildman–Crippen LogP) is 1.12. The highest BCUT2D eigenvalue weighted by Gasteiger charge is 2.16. The van der Waals surface area contributed by atoms with Crippen molar-refractivity contribution in [2.45, 2.75) is 19.9 Å². The lowest BCUT2D eigenvalue weighted by Crippen LogP contribution is -2.44. The number of ether oxygens (including phenoxy) is 1. The Morgan fingerprint density at radius 1 is 1.27 bits per heavy atom. The van der Waals surface area contributed by atoms with Crippen LogP contribution in [0.25, 0.3) is 0 Å². The number of hydrogen-bond acceptors (Lipinski definition) is 4. The summed E-state index contributed by atoms with van der Waals surface area (Å²) < 4.78 is 18.0. The van der Waals surface area contributed by atoms with Gasteiger partial charge in [0.2, 0.25) is 5.91 Å². The molecule has 22 heavy (non-hydrogen) atoms. The molecule has 2 N–H and O–H groups in total. The predicted molar refractivity (Wildman–Crippen MR) is 79.2 cm³/mol. The zero-order valence-corrected chi connectivity index (χ0v) is 12.7. The molecule has 0 saturated heterocycles. The molecule has 0 spiro atoms. The van der Waals surface area contributed by atoms with Crippen LogP contribution in [0.4, 0.5) is 4.39 Å². The smallest absolute Gasteiger partial charge is 0.317 e. The fourth-order valence-electron chi connectivity index (χ4n) is 1.73. The molecule has 0 aliphatic rings. The van der Waals surface area contributed by atoms with E-state index in [4.69, 9.17) is 9.84 Å². The molecule has 0 aliphatic carbocycles. The van der Waals surface area contributed by atoms with Crippen LogP contribution in [-0.2, 0) is 9.59 Å². The molecule has 1 amide bonds. The minimum absolute atomic E-state index is 0.0144. The van der Waals surface area contributed by atoms with Crippen LogP contribution in [0, 0.1) is 5.82 Å². The van der Waals surface area contributed by atoms with Gasteiger partial charge in [-0.05, 0) is 38.1 Å². The summed E-state index contributed by atoms with van der Waals surface area (Å²) in [6, 6.07) is 5.55. The maximum atomic E-state index is 12.7. The summed E-state index contributed by atoms with van der Waals surface area (Å²) in [5.74, 6) is -1.06. The van der Waals surface area contributed by atoms with E-state index in [0.29, 0.717) is 5.75 Å². The van der Waals surface area contributed by atoms with Gasteiger partial charge in [-0.15, -0.1) is 0 Å². The average Bonchev–Trinajstić information content (AvgIpc) is 2.44. The second-order valence-corrected chi connectivity index (χ2v) is 5.04. The van der Waals surface area contributed by atoms with Crippen LogP contribution in [0.5, 0.6) is 5.75 Å². The van der Waals surface area contributed by atoms with Crippen molar-refractivity contribution < 1.29 is 23.8 Å². The van der Waals surface area contributed by atoms with Crippen molar-refractivity contribution in [3.05, 3.63) is 30.1 Å². The van der Waals surface area contributed by atoms with Gasteiger partial charge in [-0.25, -0.2) is 4.39 Å². The topological polar surface area (TPSA) is 78.9 Å². The van der Waals surface area contributed by atoms with Gasteiger partial charge in [0, 0.05) is 6.04 Å². The van der Waals surface area contributed by atoms with Crippen LogP contribution in [0.2, 0.25) is 0 Å². The van der Waals surface area contributed by atoms with Gasteiger partial charge < -0.3 is 15.2 Å². The minimum Gasteiger partial charge on any atom is -0.492 e. The zero-order chi connectivity index (χ0) is 16.5. The number of nitrogens with one attached hydrogen (secondary N) is 1. The molecule has 0 bridgehead atoms. The van der Waals surface area contributed by atoms with Gasteiger partial charge in [-0.2, -0.15) is 0 Å². The second kappa shape index (κ2) is 8.99. The number of benzene rings is 1. The lowest BCUT2D eigenvalue weighted by Gasteiger charge is -2.23. The van der Waals surface area contributed by atoms with E-state index < -0.39 is 5.97 Å². The number of aliphatic carboxylic acids is 1. The molecular formula is C15H21FN2O4. The summed E-state index contributed by atoms with van der Waals surface area (Å²) in [5, 5.41) is 11.4. The third-order valence-electron chi connectivity index (χ3n) is 2.92. The highest BCUT2D eigenvalue weighted by atomic mass is 19.1. The maximum absolute atomic E-state index is 12.7. The van der Waals surface area contributed by atoms with Gasteiger partial charge >= 0.3 is 5.97 Å². The first kappa shape index (κ1) is 17.9. The molecule has 0 aromatic heterocycles. The van der Waals surface area contributed by atoms with Gasteiger partial charge in [-0.3, -0.25) is 14.5 Å². The van der Waals surface area contributed by atoms with Crippen molar-refractivity contribution in [1.29, 1.82) is 0 Å². The van der Waals surface area contributed by atoms with Crippen LogP contribution < -0.4 is 10.1 Å². The monoisotopic (exact) mass is 312 g/mol. The number of carbonyl (C=O) groups excluding carboxylic acids is 1. The normalized spacial score (nSPS) is 10.8. The fourth-order valence-corrected chi connectivity index (χ4v) is 1.73. The molecule has 0 saturated carbocycles. The molecule has 0 unspecified atom stereocenters. The molecule has 0 radical (unpaired) electrons. The van der Waals surface area contributed by atoms with Crippen molar-refractivity contribution in [1.82, 2.24) is 10.2 Å². The van der Waals surface area contributed by atoms with Gasteiger partial charge in [-0.1, -0.05) is 0 Å². The Hall–Kier alpha value is -2.15. The summed E-state index contributed by atoms with van der Waals surface area (Å²) in [6.07, 6.45) is 0. The SMILES string of the molecule is CC(C)N(CC(=O)O)CC(=O)NCCOc1ccc(F)cc1. The Morgan fingerprint density at radius 2 is 1.91 bits per heavy atom. The third-order valence-corrected chi connectivity index (χ3v) is 2.92. The summed E-state index contributed by atoms with van der Waals surface area (Å²) in [6.45, 7) is 4.02. The molecule has 0 atom stereocenters. The number of nitrogens with zero attached hydrogens (tertiary/aromatic N) is 1. The van der Waals surface area contributed by atoms with E-state index in [1.165, 1.54) is 24.3 Å². The van der Waals surface area contributed by atoms with Crippen molar-refractivity contribution in [2.24, 2.45) is 0 Å². The highest BCUT2D eigenvalue weighted by Crippen LogP contribution is 2.10. The van der Waals surface area contributed by atoms with Crippen molar-refractivity contribution in [2.75, 3.05) is 26.2 Å². The Labute approximate surface area is 128 Å². The summed E-state index contributed by atoms with van der Waals surface area (Å²) >= 11 is 0. The summed E-state index contributed by atoms with van der Waals surface area (Å²) in [4.78, 5) is 24.0. The standard InChI is InChI=1S/C15H21FN2O4/c1-11(2)18(10-15(20)21)9-14(19)17-7-8-22-13-5-3-12(16)4-6-13/h3-6,11H,7-10H2,1-2H3,(H,17,19)(H,20,21). The number of carbonyl (C=O) groups is 2. The molecule has 1 rings (SSSR count). The number of carboxylic acids is 1. The van der Waals surface area contributed by atoms with Gasteiger partial charge in [0.15, 0.2) is 0 Å². The largest absolute Gasteiger partial charge is 0.492 e. The van der Waals surface area contributed by atoms with Crippen LogP contribution in [-0.4, -0.2) is 54.2 Å². The molecular weight excluding hydrogens is 291 g/mol. The van der Waals surface area contributed by atoms with E-state index in [9.17, 15) is 14.0 Å². The average molecular weight is 312 g/mol. The van der Waals surface area contributed by atoms with Crippen molar-refractivity contribution in [3.63, 3.8) is 0 Å². The van der Waals surface area contributed by atoms with E-state index in [-0.39, 0.29) is 44.0 Å². The minimum atomic E-state index is -0.971. The quantitative estimate of drug-likeness (QED) is 0.668. The van der Waals surface area contributed by atoms with E-state index in [2.05, 4.69) is 5.32 Å². The first-order valence-corrected chi connectivity index (χ1v) is 6.99. The Morgan fingerprint density at radius 3 is 2.45 bits per heavy atom. The molecule has 0 heterocycles. The fraction of sp³-hybridized carbons (Fsp3) is 0.467. The van der Waals surface area contributed by atoms with Crippen molar-refractivity contribution in [3.8, 4) is 5.75 Å².